The number of pyridine rings is 1. The molecular weight excluding hydrogens is 316 g/mol. The van der Waals surface area contributed by atoms with Crippen LogP contribution in [-0.2, 0) is 4.74 Å². The zero-order valence-electron chi connectivity index (χ0n) is 15.5. The van der Waals surface area contributed by atoms with E-state index in [2.05, 4.69) is 28.9 Å². The molecule has 0 atom stereocenters. The first-order valence-corrected chi connectivity index (χ1v) is 9.22. The van der Waals surface area contributed by atoms with Crippen molar-refractivity contribution in [3.63, 3.8) is 0 Å². The van der Waals surface area contributed by atoms with Gasteiger partial charge in [0.1, 0.15) is 0 Å². The monoisotopic (exact) mass is 346 g/mol. The summed E-state index contributed by atoms with van der Waals surface area (Å²) < 4.78 is 5.94. The summed E-state index contributed by atoms with van der Waals surface area (Å²) in [5.74, 6) is 0.122. The maximum Gasteiger partial charge on any atom is 0.253 e. The van der Waals surface area contributed by atoms with Crippen molar-refractivity contribution < 1.29 is 9.53 Å². The topological polar surface area (TPSA) is 48.9 Å². The summed E-state index contributed by atoms with van der Waals surface area (Å²) >= 11 is 0. The molecule has 1 amide bonds. The summed E-state index contributed by atoms with van der Waals surface area (Å²) in [5.41, 5.74) is 0.924. The van der Waals surface area contributed by atoms with E-state index in [1.807, 2.05) is 4.90 Å². The fourth-order valence-corrected chi connectivity index (χ4v) is 3.78. The third-order valence-corrected chi connectivity index (χ3v) is 5.42. The van der Waals surface area contributed by atoms with E-state index in [1.54, 1.807) is 24.5 Å². The average Bonchev–Trinajstić information content (AvgIpc) is 2.83. The van der Waals surface area contributed by atoms with E-state index in [0.29, 0.717) is 0 Å². The van der Waals surface area contributed by atoms with Gasteiger partial charge in [-0.1, -0.05) is 0 Å². The minimum absolute atomic E-state index is 0.122. The van der Waals surface area contributed by atoms with E-state index < -0.39 is 0 Å². The van der Waals surface area contributed by atoms with E-state index >= 15 is 0 Å². The predicted octanol–water partition coefficient (Wildman–Crippen LogP) is 1.20. The van der Waals surface area contributed by atoms with E-state index in [1.165, 1.54) is 0 Å². The molecule has 2 aliphatic rings. The Labute approximate surface area is 150 Å². The maximum absolute atomic E-state index is 12.6. The maximum atomic E-state index is 12.6. The number of carbonyl (C=O) groups excluding carboxylic acids is 1. The van der Waals surface area contributed by atoms with Gasteiger partial charge in [0.05, 0.1) is 13.2 Å². The lowest BCUT2D eigenvalue weighted by molar-refractivity contribution is 0.0147. The molecule has 25 heavy (non-hydrogen) atoms. The van der Waals surface area contributed by atoms with Crippen LogP contribution in [0.4, 0.5) is 0 Å². The molecular formula is C19H30N4O2. The fraction of sp³-hybridized carbons (Fsp3) is 0.684. The van der Waals surface area contributed by atoms with Crippen LogP contribution in [0.1, 0.15) is 23.2 Å². The van der Waals surface area contributed by atoms with Gasteiger partial charge in [0, 0.05) is 62.6 Å². The Morgan fingerprint density at radius 2 is 1.96 bits per heavy atom. The number of likely N-dealkylation sites (tertiary alicyclic amines) is 1. The first-order chi connectivity index (χ1) is 12.1. The second-order valence-electron chi connectivity index (χ2n) is 7.66. The molecule has 2 aliphatic heterocycles. The Morgan fingerprint density at radius 1 is 1.24 bits per heavy atom. The molecule has 3 rings (SSSR count). The van der Waals surface area contributed by atoms with Gasteiger partial charge >= 0.3 is 0 Å². The van der Waals surface area contributed by atoms with Crippen LogP contribution in [0.15, 0.2) is 24.5 Å². The van der Waals surface area contributed by atoms with Crippen molar-refractivity contribution in [2.24, 2.45) is 5.41 Å². The predicted molar refractivity (Wildman–Crippen MR) is 97.6 cm³/mol. The van der Waals surface area contributed by atoms with Crippen molar-refractivity contribution >= 4 is 5.91 Å². The van der Waals surface area contributed by atoms with Crippen LogP contribution >= 0.6 is 0 Å². The largest absolute Gasteiger partial charge is 0.379 e. The number of rotatable bonds is 4. The van der Waals surface area contributed by atoms with E-state index in [4.69, 9.17) is 4.74 Å². The molecule has 0 N–H and O–H groups in total. The molecule has 3 heterocycles. The molecule has 6 nitrogen and oxygen atoms in total. The summed E-state index contributed by atoms with van der Waals surface area (Å²) in [6, 6.07) is 3.59. The number of likely N-dealkylation sites (N-methyl/N-ethyl adjacent to an activating group) is 1. The summed E-state index contributed by atoms with van der Waals surface area (Å²) in [6.45, 7) is 7.50. The first-order valence-electron chi connectivity index (χ1n) is 9.22. The molecule has 0 bridgehead atoms. The lowest BCUT2D eigenvalue weighted by Crippen LogP contribution is -2.49. The Kier molecular flexibility index (Phi) is 6.04. The fourth-order valence-electron chi connectivity index (χ4n) is 3.78. The van der Waals surface area contributed by atoms with Crippen molar-refractivity contribution in [2.45, 2.75) is 12.8 Å². The van der Waals surface area contributed by atoms with Crippen molar-refractivity contribution in [1.82, 2.24) is 19.7 Å². The highest BCUT2D eigenvalue weighted by molar-refractivity contribution is 5.94. The number of ether oxygens (including phenoxy) is 1. The van der Waals surface area contributed by atoms with Gasteiger partial charge in [-0.3, -0.25) is 14.7 Å². The zero-order chi connectivity index (χ0) is 17.7. The van der Waals surface area contributed by atoms with Gasteiger partial charge < -0.3 is 14.5 Å². The Bertz CT molecular complexity index is 556. The number of nitrogens with zero attached hydrogens (tertiary/aromatic N) is 4. The molecule has 0 radical (unpaired) electrons. The summed E-state index contributed by atoms with van der Waals surface area (Å²) in [6.07, 6.45) is 5.39. The second-order valence-corrected chi connectivity index (χ2v) is 7.66. The molecule has 1 aromatic rings. The summed E-state index contributed by atoms with van der Waals surface area (Å²) in [4.78, 5) is 23.4. The quantitative estimate of drug-likeness (QED) is 0.820. The van der Waals surface area contributed by atoms with Gasteiger partial charge in [0.15, 0.2) is 0 Å². The summed E-state index contributed by atoms with van der Waals surface area (Å²) in [5, 5.41) is 0. The van der Waals surface area contributed by atoms with Crippen LogP contribution in [0.3, 0.4) is 0 Å². The van der Waals surface area contributed by atoms with Crippen LogP contribution in [0, 0.1) is 5.41 Å². The highest BCUT2D eigenvalue weighted by Gasteiger charge is 2.39. The van der Waals surface area contributed by atoms with Crippen LogP contribution in [0.25, 0.3) is 0 Å². The molecule has 0 aromatic carbocycles. The molecule has 138 valence electrons. The molecule has 6 heteroatoms. The van der Waals surface area contributed by atoms with E-state index in [0.717, 1.165) is 70.9 Å². The SMILES string of the molecule is CN(C)CCN1CCOCC2(CCN(C(=O)c3ccncc3)CC2)C1. The Hall–Kier alpha value is -1.50. The number of piperidine rings is 1. The van der Waals surface area contributed by atoms with Gasteiger partial charge in [-0.05, 0) is 39.1 Å². The third kappa shape index (κ3) is 4.77. The molecule has 0 aliphatic carbocycles. The van der Waals surface area contributed by atoms with Crippen LogP contribution < -0.4 is 0 Å². The highest BCUT2D eigenvalue weighted by atomic mass is 16.5. The number of amides is 1. The van der Waals surface area contributed by atoms with Crippen LogP contribution in [-0.4, -0.2) is 92.2 Å². The smallest absolute Gasteiger partial charge is 0.253 e. The van der Waals surface area contributed by atoms with Crippen molar-refractivity contribution in [2.75, 3.05) is 66.6 Å². The lowest BCUT2D eigenvalue weighted by Gasteiger charge is -2.42. The van der Waals surface area contributed by atoms with Gasteiger partial charge in [0.25, 0.3) is 5.91 Å². The minimum Gasteiger partial charge on any atom is -0.379 e. The number of aromatic nitrogens is 1. The standard InChI is InChI=1S/C19H30N4O2/c1-21(2)11-12-22-13-14-25-16-19(15-22)5-9-23(10-6-19)18(24)17-3-7-20-8-4-17/h3-4,7-8H,5-6,9-16H2,1-2H3. The number of hydrogen-bond acceptors (Lipinski definition) is 5. The van der Waals surface area contributed by atoms with Crippen LogP contribution in [0.5, 0.6) is 0 Å². The second kappa shape index (κ2) is 8.25. The first kappa shape index (κ1) is 18.3. The Balaban J connectivity index is 1.58. The molecule has 0 unspecified atom stereocenters. The average molecular weight is 346 g/mol. The molecule has 1 spiro atoms. The highest BCUT2D eigenvalue weighted by Crippen LogP contribution is 2.34. The van der Waals surface area contributed by atoms with Gasteiger partial charge in [-0.2, -0.15) is 0 Å². The molecule has 0 saturated carbocycles. The van der Waals surface area contributed by atoms with Crippen LogP contribution in [0.2, 0.25) is 0 Å². The van der Waals surface area contributed by atoms with E-state index in [-0.39, 0.29) is 11.3 Å². The molecule has 2 saturated heterocycles. The third-order valence-electron chi connectivity index (χ3n) is 5.42. The van der Waals surface area contributed by atoms with Gasteiger partial charge in [-0.25, -0.2) is 0 Å². The molecule has 1 aromatic heterocycles. The zero-order valence-corrected chi connectivity index (χ0v) is 15.5. The van der Waals surface area contributed by atoms with Crippen molar-refractivity contribution in [3.8, 4) is 0 Å². The lowest BCUT2D eigenvalue weighted by atomic mass is 9.78. The summed E-state index contributed by atoms with van der Waals surface area (Å²) in [7, 11) is 4.24. The Morgan fingerprint density at radius 3 is 2.64 bits per heavy atom. The van der Waals surface area contributed by atoms with Gasteiger partial charge in [-0.15, -0.1) is 0 Å². The molecule has 2 fully saturated rings. The minimum atomic E-state index is 0.122. The number of hydrogen-bond donors (Lipinski definition) is 0. The van der Waals surface area contributed by atoms with Crippen molar-refractivity contribution in [1.29, 1.82) is 0 Å². The van der Waals surface area contributed by atoms with Gasteiger partial charge in [0.2, 0.25) is 0 Å². The number of carbonyl (C=O) groups is 1. The van der Waals surface area contributed by atoms with Crippen molar-refractivity contribution in [3.05, 3.63) is 30.1 Å². The van der Waals surface area contributed by atoms with E-state index in [9.17, 15) is 4.79 Å². The normalized spacial score (nSPS) is 21.5.